The van der Waals surface area contributed by atoms with Gasteiger partial charge in [-0.2, -0.15) is 0 Å². The highest BCUT2D eigenvalue weighted by atomic mass is 35.5. The van der Waals surface area contributed by atoms with Crippen LogP contribution in [-0.2, 0) is 14.8 Å². The third-order valence-electron chi connectivity index (χ3n) is 4.68. The molecule has 0 unspecified atom stereocenters. The van der Waals surface area contributed by atoms with Crippen LogP contribution in [-0.4, -0.2) is 58.2 Å². The predicted octanol–water partition coefficient (Wildman–Crippen LogP) is 3.25. The molecule has 1 heterocycles. The Bertz CT molecular complexity index is 1010. The van der Waals surface area contributed by atoms with Gasteiger partial charge in [-0.3, -0.25) is 9.10 Å². The average molecular weight is 460 g/mol. The molecule has 0 N–H and O–H groups in total. The number of benzene rings is 2. The summed E-state index contributed by atoms with van der Waals surface area (Å²) in [6.45, 7) is 1.25. The SMILES string of the molecule is CS(=O)(=O)N(CC(=O)N1CCN(c2ccccc2F)CC1)c1ccc(Cl)cc1Cl. The van der Waals surface area contributed by atoms with Gasteiger partial charge in [-0.25, -0.2) is 12.8 Å². The number of halogens is 3. The number of sulfonamides is 1. The number of hydrogen-bond acceptors (Lipinski definition) is 4. The van der Waals surface area contributed by atoms with Gasteiger partial charge in [-0.05, 0) is 30.3 Å². The molecule has 2 aromatic rings. The maximum Gasteiger partial charge on any atom is 0.243 e. The van der Waals surface area contributed by atoms with E-state index in [1.807, 2.05) is 4.90 Å². The fourth-order valence-electron chi connectivity index (χ4n) is 3.19. The van der Waals surface area contributed by atoms with Crippen molar-refractivity contribution in [1.82, 2.24) is 4.90 Å². The second-order valence-electron chi connectivity index (χ2n) is 6.68. The van der Waals surface area contributed by atoms with Crippen LogP contribution < -0.4 is 9.21 Å². The molecule has 0 atom stereocenters. The Labute approximate surface area is 179 Å². The van der Waals surface area contributed by atoms with E-state index in [0.29, 0.717) is 36.9 Å². The zero-order valence-electron chi connectivity index (χ0n) is 15.7. The summed E-state index contributed by atoms with van der Waals surface area (Å²) in [6, 6.07) is 10.9. The van der Waals surface area contributed by atoms with E-state index in [1.54, 1.807) is 23.1 Å². The van der Waals surface area contributed by atoms with Crippen molar-refractivity contribution in [3.63, 3.8) is 0 Å². The van der Waals surface area contributed by atoms with Crippen LogP contribution in [0.1, 0.15) is 0 Å². The van der Waals surface area contributed by atoms with Crippen LogP contribution in [0.3, 0.4) is 0 Å². The summed E-state index contributed by atoms with van der Waals surface area (Å²) in [6.07, 6.45) is 1.02. The van der Waals surface area contributed by atoms with E-state index < -0.39 is 10.0 Å². The maximum absolute atomic E-state index is 14.0. The number of carbonyl (C=O) groups excluding carboxylic acids is 1. The minimum atomic E-state index is -3.75. The minimum absolute atomic E-state index is 0.139. The summed E-state index contributed by atoms with van der Waals surface area (Å²) < 4.78 is 39.5. The molecule has 2 aromatic carbocycles. The number of carbonyl (C=O) groups is 1. The first-order valence-electron chi connectivity index (χ1n) is 8.87. The number of rotatable bonds is 5. The molecule has 1 aliphatic rings. The van der Waals surface area contributed by atoms with Gasteiger partial charge < -0.3 is 9.80 Å². The van der Waals surface area contributed by atoms with Crippen LogP contribution in [0, 0.1) is 5.82 Å². The molecule has 0 saturated carbocycles. The Balaban J connectivity index is 1.71. The molecule has 1 saturated heterocycles. The average Bonchev–Trinajstić information content (AvgIpc) is 2.66. The molecule has 1 amide bonds. The maximum atomic E-state index is 14.0. The van der Waals surface area contributed by atoms with Crippen LogP contribution in [0.25, 0.3) is 0 Å². The topological polar surface area (TPSA) is 60.9 Å². The monoisotopic (exact) mass is 459 g/mol. The fraction of sp³-hybridized carbons (Fsp3) is 0.316. The highest BCUT2D eigenvalue weighted by Crippen LogP contribution is 2.30. The van der Waals surface area contributed by atoms with Gasteiger partial charge in [0, 0.05) is 31.2 Å². The van der Waals surface area contributed by atoms with Crippen LogP contribution in [0.2, 0.25) is 10.0 Å². The van der Waals surface area contributed by atoms with Gasteiger partial charge in [0.2, 0.25) is 15.9 Å². The van der Waals surface area contributed by atoms with Gasteiger partial charge in [-0.15, -0.1) is 0 Å². The quantitative estimate of drug-likeness (QED) is 0.688. The third kappa shape index (κ3) is 5.12. The number of piperazine rings is 1. The number of amides is 1. The first kappa shape index (κ1) is 21.7. The zero-order valence-corrected chi connectivity index (χ0v) is 18.0. The lowest BCUT2D eigenvalue weighted by Gasteiger charge is -2.37. The van der Waals surface area contributed by atoms with Crippen molar-refractivity contribution < 1.29 is 17.6 Å². The molecule has 0 spiro atoms. The minimum Gasteiger partial charge on any atom is -0.366 e. The molecule has 0 aromatic heterocycles. The highest BCUT2D eigenvalue weighted by Gasteiger charge is 2.28. The van der Waals surface area contributed by atoms with Gasteiger partial charge in [0.05, 0.1) is 22.7 Å². The van der Waals surface area contributed by atoms with Gasteiger partial charge in [0.1, 0.15) is 12.4 Å². The third-order valence-corrected chi connectivity index (χ3v) is 6.35. The van der Waals surface area contributed by atoms with Crippen molar-refractivity contribution in [2.45, 2.75) is 0 Å². The molecule has 0 bridgehead atoms. The van der Waals surface area contributed by atoms with E-state index >= 15 is 0 Å². The number of hydrogen-bond donors (Lipinski definition) is 0. The van der Waals surface area contributed by atoms with Gasteiger partial charge in [0.15, 0.2) is 0 Å². The van der Waals surface area contributed by atoms with Crippen molar-refractivity contribution in [2.75, 3.05) is 48.2 Å². The van der Waals surface area contributed by atoms with Crippen molar-refractivity contribution >= 4 is 50.5 Å². The molecule has 156 valence electrons. The lowest BCUT2D eigenvalue weighted by atomic mass is 10.2. The molecule has 0 aliphatic carbocycles. The summed E-state index contributed by atoms with van der Waals surface area (Å²) in [5, 5.41) is 0.503. The Morgan fingerprint density at radius 3 is 2.34 bits per heavy atom. The largest absolute Gasteiger partial charge is 0.366 e. The van der Waals surface area contributed by atoms with Crippen molar-refractivity contribution in [3.05, 3.63) is 58.3 Å². The van der Waals surface area contributed by atoms with Crippen molar-refractivity contribution in [1.29, 1.82) is 0 Å². The normalized spacial score (nSPS) is 14.8. The van der Waals surface area contributed by atoms with E-state index in [2.05, 4.69) is 0 Å². The molecule has 6 nitrogen and oxygen atoms in total. The summed E-state index contributed by atoms with van der Waals surface area (Å²) in [5.74, 6) is -0.664. The summed E-state index contributed by atoms with van der Waals surface area (Å²) in [7, 11) is -3.75. The molecule has 3 rings (SSSR count). The first-order chi connectivity index (χ1) is 13.7. The van der Waals surface area contributed by atoms with E-state index in [0.717, 1.165) is 10.6 Å². The molecule has 1 fully saturated rings. The van der Waals surface area contributed by atoms with Crippen molar-refractivity contribution in [2.24, 2.45) is 0 Å². The smallest absolute Gasteiger partial charge is 0.243 e. The zero-order chi connectivity index (χ0) is 21.2. The van der Waals surface area contributed by atoms with Crippen LogP contribution in [0.4, 0.5) is 15.8 Å². The molecule has 10 heteroatoms. The number of nitrogens with zero attached hydrogens (tertiary/aromatic N) is 3. The number of para-hydroxylation sites is 1. The first-order valence-corrected chi connectivity index (χ1v) is 11.5. The van der Waals surface area contributed by atoms with E-state index in [-0.39, 0.29) is 29.0 Å². The van der Waals surface area contributed by atoms with E-state index in [4.69, 9.17) is 23.2 Å². The Hall–Kier alpha value is -2.03. The van der Waals surface area contributed by atoms with Crippen molar-refractivity contribution in [3.8, 4) is 0 Å². The van der Waals surface area contributed by atoms with Gasteiger partial charge >= 0.3 is 0 Å². The highest BCUT2D eigenvalue weighted by molar-refractivity contribution is 7.92. The molecule has 29 heavy (non-hydrogen) atoms. The second kappa shape index (κ2) is 8.77. The van der Waals surface area contributed by atoms with Gasteiger partial charge in [0.25, 0.3) is 0 Å². The van der Waals surface area contributed by atoms with Crippen LogP contribution in [0.15, 0.2) is 42.5 Å². The van der Waals surface area contributed by atoms with E-state index in [1.165, 1.54) is 24.3 Å². The number of anilines is 2. The van der Waals surface area contributed by atoms with E-state index in [9.17, 15) is 17.6 Å². The van der Waals surface area contributed by atoms with Crippen LogP contribution in [0.5, 0.6) is 0 Å². The fourth-order valence-corrected chi connectivity index (χ4v) is 4.61. The van der Waals surface area contributed by atoms with Crippen LogP contribution >= 0.6 is 23.2 Å². The summed E-state index contributed by atoms with van der Waals surface area (Å²) in [5.41, 5.74) is 0.683. The molecular formula is C19H20Cl2FN3O3S. The molecule has 1 aliphatic heterocycles. The molecule has 0 radical (unpaired) electrons. The van der Waals surface area contributed by atoms with Gasteiger partial charge in [-0.1, -0.05) is 35.3 Å². The second-order valence-corrected chi connectivity index (χ2v) is 9.44. The summed E-state index contributed by atoms with van der Waals surface area (Å²) in [4.78, 5) is 16.2. The lowest BCUT2D eigenvalue weighted by Crippen LogP contribution is -2.52. The predicted molar refractivity (Wildman–Crippen MR) is 114 cm³/mol. The Morgan fingerprint density at radius 2 is 1.76 bits per heavy atom. The molecular weight excluding hydrogens is 440 g/mol. The Morgan fingerprint density at radius 1 is 1.10 bits per heavy atom. The lowest BCUT2D eigenvalue weighted by molar-refractivity contribution is -0.129. The standard InChI is InChI=1S/C19H20Cl2FN3O3S/c1-29(27,28)25(17-7-6-14(20)12-15(17)21)13-19(26)24-10-8-23(9-11-24)18-5-3-2-4-16(18)22/h2-7,12H,8-11,13H2,1H3. The Kier molecular flexibility index (Phi) is 6.55. The summed E-state index contributed by atoms with van der Waals surface area (Å²) >= 11 is 12.0.